The predicted molar refractivity (Wildman–Crippen MR) is 112 cm³/mol. The highest BCUT2D eigenvalue weighted by Gasteiger charge is 2.25. The lowest BCUT2D eigenvalue weighted by Crippen LogP contribution is -2.48. The van der Waals surface area contributed by atoms with Crippen molar-refractivity contribution in [3.63, 3.8) is 0 Å². The number of nitrogens with zero attached hydrogens (tertiary/aromatic N) is 3. The Morgan fingerprint density at radius 2 is 1.70 bits per heavy atom. The number of hydrogen-bond acceptors (Lipinski definition) is 4. The van der Waals surface area contributed by atoms with Crippen LogP contribution in [0.1, 0.15) is 49.3 Å². The average Bonchev–Trinajstić information content (AvgIpc) is 2.75. The number of halogens is 1. The van der Waals surface area contributed by atoms with Crippen molar-refractivity contribution < 1.29 is 9.18 Å². The molecule has 2 aromatic carbocycles. The lowest BCUT2D eigenvalue weighted by molar-refractivity contribution is 0.0929. The molecule has 0 radical (unpaired) electrons. The van der Waals surface area contributed by atoms with Crippen LogP contribution in [-0.2, 0) is 0 Å². The van der Waals surface area contributed by atoms with Gasteiger partial charge in [-0.25, -0.2) is 13.8 Å². The van der Waals surface area contributed by atoms with Crippen LogP contribution in [0.4, 0.5) is 4.39 Å². The molecule has 1 amide bonds. The van der Waals surface area contributed by atoms with Gasteiger partial charge in [-0.2, -0.15) is 9.78 Å². The van der Waals surface area contributed by atoms with Crippen LogP contribution in [0.5, 0.6) is 0 Å². The minimum atomic E-state index is -0.832. The number of carbonyl (C=O) groups is 1. The number of nitrogens with one attached hydrogen (secondary N) is 1. The van der Waals surface area contributed by atoms with Crippen molar-refractivity contribution in [1.82, 2.24) is 19.7 Å². The van der Waals surface area contributed by atoms with Crippen LogP contribution < -0.4 is 16.6 Å². The van der Waals surface area contributed by atoms with E-state index >= 15 is 0 Å². The summed E-state index contributed by atoms with van der Waals surface area (Å²) < 4.78 is 16.1. The van der Waals surface area contributed by atoms with Crippen molar-refractivity contribution in [1.29, 1.82) is 0 Å². The van der Waals surface area contributed by atoms with E-state index in [9.17, 15) is 18.8 Å². The third kappa shape index (κ3) is 4.07. The molecule has 7 nitrogen and oxygen atoms in total. The Kier molecular flexibility index (Phi) is 6.25. The van der Waals surface area contributed by atoms with Gasteiger partial charge in [0.25, 0.3) is 11.5 Å². The highest BCUT2D eigenvalue weighted by Crippen LogP contribution is 2.15. The van der Waals surface area contributed by atoms with Gasteiger partial charge in [-0.15, -0.1) is 0 Å². The van der Waals surface area contributed by atoms with Gasteiger partial charge >= 0.3 is 5.69 Å². The van der Waals surface area contributed by atoms with Crippen LogP contribution in [0.2, 0.25) is 0 Å². The first-order chi connectivity index (χ1) is 14.3. The van der Waals surface area contributed by atoms with Crippen molar-refractivity contribution in [3.05, 3.63) is 92.5 Å². The highest BCUT2D eigenvalue weighted by atomic mass is 19.1. The SMILES string of the molecule is CC[C@H](C)NC(=O)c1nn(-c2ccccc2F)c(=O)n([C@H](C)c2ccccc2)c1=O. The first-order valence-electron chi connectivity index (χ1n) is 9.71. The van der Waals surface area contributed by atoms with Crippen LogP contribution >= 0.6 is 0 Å². The maximum atomic E-state index is 14.4. The van der Waals surface area contributed by atoms with E-state index in [1.54, 1.807) is 44.2 Å². The standard InChI is InChI=1S/C22H23FN4O3/c1-4-14(2)24-20(28)19-21(29)26(15(3)16-10-6-5-7-11-16)22(30)27(25-19)18-13-9-8-12-17(18)23/h5-15H,4H2,1-3H3,(H,24,28)/t14-,15+/m0/s1. The van der Waals surface area contributed by atoms with E-state index < -0.39 is 34.7 Å². The van der Waals surface area contributed by atoms with Crippen LogP contribution in [0.25, 0.3) is 5.69 Å². The summed E-state index contributed by atoms with van der Waals surface area (Å²) in [5.74, 6) is -1.41. The quantitative estimate of drug-likeness (QED) is 0.677. The lowest BCUT2D eigenvalue weighted by Gasteiger charge is -2.18. The zero-order chi connectivity index (χ0) is 21.8. The smallest absolute Gasteiger partial charge is 0.348 e. The second kappa shape index (κ2) is 8.86. The molecule has 0 saturated carbocycles. The van der Waals surface area contributed by atoms with E-state index in [1.165, 1.54) is 18.2 Å². The molecule has 1 aromatic heterocycles. The van der Waals surface area contributed by atoms with E-state index in [-0.39, 0.29) is 11.7 Å². The van der Waals surface area contributed by atoms with Crippen molar-refractivity contribution in [2.24, 2.45) is 0 Å². The van der Waals surface area contributed by atoms with E-state index in [1.807, 2.05) is 13.0 Å². The third-order valence-electron chi connectivity index (χ3n) is 4.96. The number of amides is 1. The van der Waals surface area contributed by atoms with Crippen molar-refractivity contribution in [3.8, 4) is 5.69 Å². The summed E-state index contributed by atoms with van der Waals surface area (Å²) in [6.45, 7) is 5.34. The fourth-order valence-corrected chi connectivity index (χ4v) is 3.03. The molecule has 0 spiro atoms. The van der Waals surface area contributed by atoms with E-state index in [2.05, 4.69) is 10.4 Å². The average molecular weight is 410 g/mol. The first kappa shape index (κ1) is 21.2. The topological polar surface area (TPSA) is 86.0 Å². The molecule has 0 aliphatic carbocycles. The summed E-state index contributed by atoms with van der Waals surface area (Å²) in [6.07, 6.45) is 0.646. The van der Waals surface area contributed by atoms with Crippen LogP contribution in [0.15, 0.2) is 64.2 Å². The second-order valence-electron chi connectivity index (χ2n) is 7.04. The number of hydrogen-bond donors (Lipinski definition) is 1. The van der Waals surface area contributed by atoms with Crippen molar-refractivity contribution in [2.75, 3.05) is 0 Å². The number of aromatic nitrogens is 3. The summed E-state index contributed by atoms with van der Waals surface area (Å²) >= 11 is 0. The van der Waals surface area contributed by atoms with Gasteiger partial charge in [-0.05, 0) is 38.0 Å². The number of benzene rings is 2. The molecule has 0 fully saturated rings. The first-order valence-corrected chi connectivity index (χ1v) is 9.71. The highest BCUT2D eigenvalue weighted by molar-refractivity contribution is 5.92. The Morgan fingerprint density at radius 3 is 2.33 bits per heavy atom. The van der Waals surface area contributed by atoms with Crippen LogP contribution in [0, 0.1) is 5.82 Å². The summed E-state index contributed by atoms with van der Waals surface area (Å²) in [5.41, 5.74) is -1.59. The molecule has 156 valence electrons. The number of para-hydroxylation sites is 1. The molecular weight excluding hydrogens is 387 g/mol. The minimum absolute atomic E-state index is 0.144. The molecule has 30 heavy (non-hydrogen) atoms. The molecule has 0 bridgehead atoms. The minimum Gasteiger partial charge on any atom is -0.348 e. The largest absolute Gasteiger partial charge is 0.352 e. The molecular formula is C22H23FN4O3. The third-order valence-corrected chi connectivity index (χ3v) is 4.96. The molecule has 8 heteroatoms. The van der Waals surface area contributed by atoms with Gasteiger partial charge in [0.2, 0.25) is 5.69 Å². The van der Waals surface area contributed by atoms with Gasteiger partial charge in [-0.3, -0.25) is 9.59 Å². The van der Waals surface area contributed by atoms with Gasteiger partial charge < -0.3 is 5.32 Å². The zero-order valence-electron chi connectivity index (χ0n) is 17.0. The normalized spacial score (nSPS) is 12.9. The van der Waals surface area contributed by atoms with Gasteiger partial charge in [0.1, 0.15) is 11.5 Å². The van der Waals surface area contributed by atoms with E-state index in [4.69, 9.17) is 0 Å². The molecule has 0 aliphatic rings. The Morgan fingerprint density at radius 1 is 1.07 bits per heavy atom. The Balaban J connectivity index is 2.28. The van der Waals surface area contributed by atoms with Crippen LogP contribution in [-0.4, -0.2) is 26.3 Å². The Hall–Kier alpha value is -3.55. The Labute approximate surface area is 172 Å². The van der Waals surface area contributed by atoms with Gasteiger partial charge in [0, 0.05) is 6.04 Å². The van der Waals surface area contributed by atoms with Gasteiger partial charge in [0.05, 0.1) is 6.04 Å². The second-order valence-corrected chi connectivity index (χ2v) is 7.04. The molecule has 2 atom stereocenters. The zero-order valence-corrected chi connectivity index (χ0v) is 17.0. The summed E-state index contributed by atoms with van der Waals surface area (Å²) in [7, 11) is 0. The summed E-state index contributed by atoms with van der Waals surface area (Å²) in [4.78, 5) is 39.0. The van der Waals surface area contributed by atoms with Crippen LogP contribution in [0.3, 0.4) is 0 Å². The van der Waals surface area contributed by atoms with Gasteiger partial charge in [0.15, 0.2) is 0 Å². The monoisotopic (exact) mass is 410 g/mol. The molecule has 0 unspecified atom stereocenters. The van der Waals surface area contributed by atoms with E-state index in [0.29, 0.717) is 12.0 Å². The molecule has 3 aromatic rings. The predicted octanol–water partition coefficient (Wildman–Crippen LogP) is 2.67. The Bertz CT molecular complexity index is 1170. The van der Waals surface area contributed by atoms with Crippen molar-refractivity contribution >= 4 is 5.91 Å². The van der Waals surface area contributed by atoms with E-state index in [0.717, 1.165) is 9.25 Å². The fraction of sp³-hybridized carbons (Fsp3) is 0.273. The maximum Gasteiger partial charge on any atom is 0.352 e. The molecule has 0 aliphatic heterocycles. The van der Waals surface area contributed by atoms with Gasteiger partial charge in [-0.1, -0.05) is 49.4 Å². The number of rotatable bonds is 6. The summed E-state index contributed by atoms with van der Waals surface area (Å²) in [5, 5.41) is 6.63. The van der Waals surface area contributed by atoms with Crippen molar-refractivity contribution in [2.45, 2.75) is 39.3 Å². The molecule has 0 saturated heterocycles. The maximum absolute atomic E-state index is 14.4. The molecule has 1 N–H and O–H groups in total. The fourth-order valence-electron chi connectivity index (χ4n) is 3.03. The summed E-state index contributed by atoms with van der Waals surface area (Å²) in [6, 6.07) is 13.6. The molecule has 1 heterocycles. The number of carbonyl (C=O) groups excluding carboxylic acids is 1. The lowest BCUT2D eigenvalue weighted by atomic mass is 10.1. The molecule has 3 rings (SSSR count).